The van der Waals surface area contributed by atoms with E-state index in [9.17, 15) is 14.9 Å². The number of hydrogen-bond acceptors (Lipinski definition) is 8. The summed E-state index contributed by atoms with van der Waals surface area (Å²) in [5, 5.41) is 18.4. The van der Waals surface area contributed by atoms with Crippen LogP contribution in [0.4, 0.5) is 5.82 Å². The Balaban J connectivity index is 2.54. The summed E-state index contributed by atoms with van der Waals surface area (Å²) < 4.78 is 5.92. The van der Waals surface area contributed by atoms with Gasteiger partial charge in [0.15, 0.2) is 11.5 Å². The number of aliphatic hydroxyl groups is 2. The number of aromatic nitrogens is 4. The summed E-state index contributed by atoms with van der Waals surface area (Å²) in [6.45, 7) is -4.76. The smallest absolute Gasteiger partial charge is 0.377 e. The van der Waals surface area contributed by atoms with Crippen LogP contribution in [-0.4, -0.2) is 52.2 Å². The third-order valence-electron chi connectivity index (χ3n) is 2.35. The number of hydrogen-bond donors (Lipinski definition) is 5. The Bertz CT molecular complexity index is 630. The van der Waals surface area contributed by atoms with E-state index in [0.717, 1.165) is 4.57 Å². The molecule has 0 saturated heterocycles. The molecule has 0 aliphatic carbocycles. The lowest BCUT2D eigenvalue weighted by molar-refractivity contribution is 0.0798. The van der Waals surface area contributed by atoms with Crippen LogP contribution < -0.4 is 10.3 Å². The maximum atomic E-state index is 9.49. The van der Waals surface area contributed by atoms with E-state index in [-0.39, 0.29) is 29.9 Å². The van der Waals surface area contributed by atoms with Gasteiger partial charge in [-0.1, -0.05) is 0 Å². The Kier molecular flexibility index (Phi) is 4.18. The van der Waals surface area contributed by atoms with Crippen LogP contribution in [0, 0.1) is 0 Å². The number of imidazole rings is 1. The molecular formula is C8H12N5O5PS. The second-order valence-electron chi connectivity index (χ2n) is 3.85. The van der Waals surface area contributed by atoms with Crippen molar-refractivity contribution in [2.75, 3.05) is 12.3 Å². The van der Waals surface area contributed by atoms with E-state index >= 15 is 0 Å². The Morgan fingerprint density at radius 3 is 2.75 bits per heavy atom. The number of rotatable bonds is 5. The molecular weight excluding hydrogens is 309 g/mol. The largest absolute Gasteiger partial charge is 0.394 e. The molecule has 1 unspecified atom stereocenters. The number of fused-ring (bicyclic) bond motifs is 1. The monoisotopic (exact) mass is 321 g/mol. The van der Waals surface area contributed by atoms with Crippen molar-refractivity contribution < 1.29 is 24.5 Å². The second-order valence-corrected chi connectivity index (χ2v) is 6.45. The Morgan fingerprint density at radius 1 is 1.45 bits per heavy atom. The lowest BCUT2D eigenvalue weighted by Crippen LogP contribution is -2.24. The van der Waals surface area contributed by atoms with Gasteiger partial charge in [0.1, 0.15) is 12.1 Å². The highest BCUT2D eigenvalue weighted by Crippen LogP contribution is 2.39. The number of aliphatic hydroxyl groups excluding tert-OH is 2. The van der Waals surface area contributed by atoms with Crippen molar-refractivity contribution >= 4 is 24.3 Å². The van der Waals surface area contributed by atoms with Crippen LogP contribution in [0.1, 0.15) is 0 Å². The SMILES string of the molecule is Nc1c2ncnc-2nc(OP(O)(O)=S)n1CC(O)CO. The fourth-order valence-corrected chi connectivity index (χ4v) is 2.08. The molecule has 0 aromatic heterocycles. The van der Waals surface area contributed by atoms with E-state index in [0.29, 0.717) is 0 Å². The van der Waals surface area contributed by atoms with E-state index in [1.807, 2.05) is 0 Å². The first-order chi connectivity index (χ1) is 9.31. The fraction of sp³-hybridized carbons (Fsp3) is 0.375. The molecule has 0 saturated carbocycles. The van der Waals surface area contributed by atoms with E-state index in [1.165, 1.54) is 6.33 Å². The average Bonchev–Trinajstić information content (AvgIpc) is 2.80. The molecule has 2 heterocycles. The van der Waals surface area contributed by atoms with Gasteiger partial charge in [-0.2, -0.15) is 4.98 Å². The Hall–Kier alpha value is -1.36. The molecule has 0 radical (unpaired) electrons. The number of anilines is 1. The topological polar surface area (TPSA) is 160 Å². The molecule has 2 aliphatic heterocycles. The van der Waals surface area contributed by atoms with Crippen molar-refractivity contribution in [3.63, 3.8) is 0 Å². The summed E-state index contributed by atoms with van der Waals surface area (Å²) in [5.41, 5.74) is 6.11. The van der Waals surface area contributed by atoms with Gasteiger partial charge in [-0.25, -0.2) is 9.97 Å². The molecule has 12 heteroatoms. The summed E-state index contributed by atoms with van der Waals surface area (Å²) in [4.78, 5) is 30.0. The van der Waals surface area contributed by atoms with Crippen molar-refractivity contribution in [1.82, 2.24) is 19.5 Å². The zero-order valence-corrected chi connectivity index (χ0v) is 11.7. The minimum Gasteiger partial charge on any atom is -0.394 e. The zero-order valence-electron chi connectivity index (χ0n) is 9.99. The fourth-order valence-electron chi connectivity index (χ4n) is 1.53. The van der Waals surface area contributed by atoms with Crippen LogP contribution in [-0.2, 0) is 18.4 Å². The van der Waals surface area contributed by atoms with Crippen LogP contribution >= 0.6 is 6.72 Å². The van der Waals surface area contributed by atoms with Gasteiger partial charge in [0, 0.05) is 11.8 Å². The molecule has 0 bridgehead atoms. The minimum atomic E-state index is -4.04. The highest BCUT2D eigenvalue weighted by molar-refractivity contribution is 8.06. The summed E-state index contributed by atoms with van der Waals surface area (Å²) in [5.74, 6) is 0.175. The van der Waals surface area contributed by atoms with E-state index < -0.39 is 19.4 Å². The highest BCUT2D eigenvalue weighted by atomic mass is 32.5. The molecule has 20 heavy (non-hydrogen) atoms. The van der Waals surface area contributed by atoms with Crippen molar-refractivity contribution in [3.8, 4) is 17.5 Å². The summed E-state index contributed by atoms with van der Waals surface area (Å²) >= 11 is 4.37. The maximum absolute atomic E-state index is 9.49. The first-order valence-electron chi connectivity index (χ1n) is 5.32. The molecule has 2 rings (SSSR count). The minimum absolute atomic E-state index is 0.0402. The number of nitrogens with zero attached hydrogens (tertiary/aromatic N) is 4. The van der Waals surface area contributed by atoms with Crippen molar-refractivity contribution in [1.29, 1.82) is 0 Å². The molecule has 10 nitrogen and oxygen atoms in total. The first-order valence-corrected chi connectivity index (χ1v) is 7.95. The number of nitrogens with two attached hydrogens (primary N) is 1. The van der Waals surface area contributed by atoms with Crippen LogP contribution in [0.3, 0.4) is 0 Å². The third-order valence-corrected chi connectivity index (χ3v) is 2.97. The molecule has 110 valence electrons. The van der Waals surface area contributed by atoms with Crippen LogP contribution in [0.5, 0.6) is 6.01 Å². The highest BCUT2D eigenvalue weighted by Gasteiger charge is 2.24. The lowest BCUT2D eigenvalue weighted by Gasteiger charge is -2.20. The average molecular weight is 321 g/mol. The van der Waals surface area contributed by atoms with Gasteiger partial charge >= 0.3 is 12.7 Å². The Labute approximate surface area is 118 Å². The van der Waals surface area contributed by atoms with Crippen LogP contribution in [0.2, 0.25) is 0 Å². The predicted molar refractivity (Wildman–Crippen MR) is 71.3 cm³/mol. The summed E-state index contributed by atoms with van der Waals surface area (Å²) in [7, 11) is 0. The second kappa shape index (κ2) is 5.56. The van der Waals surface area contributed by atoms with E-state index in [1.54, 1.807) is 0 Å². The third kappa shape index (κ3) is 3.20. The normalized spacial score (nSPS) is 13.6. The molecule has 0 spiro atoms. The van der Waals surface area contributed by atoms with Gasteiger partial charge < -0.3 is 30.3 Å². The van der Waals surface area contributed by atoms with Gasteiger partial charge in [-0.3, -0.25) is 4.57 Å². The molecule has 6 N–H and O–H groups in total. The quantitative estimate of drug-likeness (QED) is 0.402. The molecule has 0 fully saturated rings. The maximum Gasteiger partial charge on any atom is 0.377 e. The molecule has 0 aromatic carbocycles. The van der Waals surface area contributed by atoms with Gasteiger partial charge in [0.2, 0.25) is 0 Å². The van der Waals surface area contributed by atoms with Gasteiger partial charge in [0.05, 0.1) is 19.3 Å². The molecule has 2 aliphatic rings. The van der Waals surface area contributed by atoms with E-state index in [2.05, 4.69) is 26.8 Å². The molecule has 0 amide bonds. The molecule has 1 atom stereocenters. The van der Waals surface area contributed by atoms with Gasteiger partial charge in [0.25, 0.3) is 0 Å². The van der Waals surface area contributed by atoms with Gasteiger partial charge in [-0.15, -0.1) is 0 Å². The summed E-state index contributed by atoms with van der Waals surface area (Å²) in [6, 6.07) is -0.323. The predicted octanol–water partition coefficient (Wildman–Crippen LogP) is -1.70. The van der Waals surface area contributed by atoms with Gasteiger partial charge in [-0.05, 0) is 0 Å². The summed E-state index contributed by atoms with van der Waals surface area (Å²) in [6.07, 6.45) is 0.0700. The Morgan fingerprint density at radius 2 is 2.15 bits per heavy atom. The standard InChI is InChI=1S/C8H12N5O5PS/c9-6-5-7(11-3-10-5)12-8(18-19(16,17)20)13(6)1-4(15)2-14/h3-4,14-15H,1-2,9H2,(H2,16,17,20). The van der Waals surface area contributed by atoms with Crippen molar-refractivity contribution in [3.05, 3.63) is 6.33 Å². The lowest BCUT2D eigenvalue weighted by atomic mass is 10.3. The van der Waals surface area contributed by atoms with E-state index in [4.69, 9.17) is 15.4 Å². The van der Waals surface area contributed by atoms with Crippen LogP contribution in [0.15, 0.2) is 6.33 Å². The first kappa shape index (κ1) is 15.0. The molecule has 0 aromatic rings. The van der Waals surface area contributed by atoms with Crippen LogP contribution in [0.25, 0.3) is 11.5 Å². The van der Waals surface area contributed by atoms with Crippen molar-refractivity contribution in [2.24, 2.45) is 0 Å². The number of nitrogen functional groups attached to an aromatic ring is 1. The van der Waals surface area contributed by atoms with Crippen molar-refractivity contribution in [2.45, 2.75) is 12.6 Å². The zero-order chi connectivity index (χ0) is 14.9.